The first-order chi connectivity index (χ1) is 13.6. The molecule has 0 aliphatic heterocycles. The van der Waals surface area contributed by atoms with Crippen LogP contribution < -0.4 is 9.47 Å². The molecule has 3 rings (SSSR count). The predicted molar refractivity (Wildman–Crippen MR) is 109 cm³/mol. The molecule has 0 atom stereocenters. The molecular formula is C24H24O4. The fourth-order valence-corrected chi connectivity index (χ4v) is 3.13. The van der Waals surface area contributed by atoms with Crippen molar-refractivity contribution in [1.82, 2.24) is 0 Å². The van der Waals surface area contributed by atoms with Crippen LogP contribution in [0.4, 0.5) is 0 Å². The minimum Gasteiger partial charge on any atom is -0.497 e. The molecule has 0 aromatic heterocycles. The Hall–Kier alpha value is -3.27. The number of carboxylic acid groups (broad SMARTS) is 1. The lowest BCUT2D eigenvalue weighted by molar-refractivity contribution is 0.0697. The van der Waals surface area contributed by atoms with Crippen molar-refractivity contribution < 1.29 is 19.4 Å². The smallest absolute Gasteiger partial charge is 0.335 e. The molecule has 0 heterocycles. The lowest BCUT2D eigenvalue weighted by atomic mass is 10.0. The van der Waals surface area contributed by atoms with Crippen molar-refractivity contribution in [2.45, 2.75) is 26.4 Å². The lowest BCUT2D eigenvalue weighted by Crippen LogP contribution is -2.02. The minimum atomic E-state index is -0.904. The van der Waals surface area contributed by atoms with Crippen LogP contribution in [0.3, 0.4) is 0 Å². The molecule has 144 valence electrons. The van der Waals surface area contributed by atoms with E-state index in [9.17, 15) is 4.79 Å². The first kappa shape index (κ1) is 19.5. The second-order valence-corrected chi connectivity index (χ2v) is 6.71. The zero-order valence-electron chi connectivity index (χ0n) is 16.1. The van der Waals surface area contributed by atoms with Gasteiger partial charge < -0.3 is 14.6 Å². The zero-order valence-corrected chi connectivity index (χ0v) is 16.1. The van der Waals surface area contributed by atoms with Gasteiger partial charge in [-0.15, -0.1) is 0 Å². The van der Waals surface area contributed by atoms with Gasteiger partial charge in [0.25, 0.3) is 0 Å². The number of carbonyl (C=O) groups is 1. The Kier molecular flexibility index (Phi) is 6.33. The number of methoxy groups -OCH3 is 1. The summed E-state index contributed by atoms with van der Waals surface area (Å²) in [5, 5.41) is 9.01. The average Bonchev–Trinajstić information content (AvgIpc) is 2.72. The van der Waals surface area contributed by atoms with Gasteiger partial charge in [-0.1, -0.05) is 42.5 Å². The Balaban J connectivity index is 1.69. The number of carboxylic acids is 1. The van der Waals surface area contributed by atoms with Crippen molar-refractivity contribution in [2.24, 2.45) is 0 Å². The molecule has 0 radical (unpaired) electrons. The number of rotatable bonds is 8. The van der Waals surface area contributed by atoms with Gasteiger partial charge in [-0.2, -0.15) is 0 Å². The molecule has 0 spiro atoms. The number of hydrogen-bond acceptors (Lipinski definition) is 3. The van der Waals surface area contributed by atoms with E-state index in [-0.39, 0.29) is 0 Å². The third-order valence-electron chi connectivity index (χ3n) is 4.69. The lowest BCUT2D eigenvalue weighted by Gasteiger charge is -2.15. The van der Waals surface area contributed by atoms with E-state index in [1.807, 2.05) is 55.5 Å². The van der Waals surface area contributed by atoms with Crippen LogP contribution in [0.15, 0.2) is 66.7 Å². The van der Waals surface area contributed by atoms with Gasteiger partial charge in [0.2, 0.25) is 0 Å². The Morgan fingerprint density at radius 3 is 2.39 bits per heavy atom. The summed E-state index contributed by atoms with van der Waals surface area (Å²) in [5.41, 5.74) is 4.71. The molecule has 4 heteroatoms. The van der Waals surface area contributed by atoms with Crippen LogP contribution in [-0.2, 0) is 19.4 Å². The van der Waals surface area contributed by atoms with Gasteiger partial charge in [-0.3, -0.25) is 0 Å². The second-order valence-electron chi connectivity index (χ2n) is 6.71. The van der Waals surface area contributed by atoms with E-state index in [0.717, 1.165) is 46.6 Å². The fourth-order valence-electron chi connectivity index (χ4n) is 3.13. The maximum absolute atomic E-state index is 11.0. The van der Waals surface area contributed by atoms with Gasteiger partial charge in [-0.05, 0) is 66.3 Å². The summed E-state index contributed by atoms with van der Waals surface area (Å²) >= 11 is 0. The first-order valence-corrected chi connectivity index (χ1v) is 9.23. The second kappa shape index (κ2) is 9.09. The van der Waals surface area contributed by atoms with E-state index < -0.39 is 5.97 Å². The van der Waals surface area contributed by atoms with E-state index in [1.54, 1.807) is 19.2 Å². The topological polar surface area (TPSA) is 55.8 Å². The van der Waals surface area contributed by atoms with Gasteiger partial charge in [0.15, 0.2) is 0 Å². The summed E-state index contributed by atoms with van der Waals surface area (Å²) in [6.45, 7) is 2.52. The number of para-hydroxylation sites is 1. The first-order valence-electron chi connectivity index (χ1n) is 9.23. The molecule has 0 saturated heterocycles. The molecule has 0 fully saturated rings. The highest BCUT2D eigenvalue weighted by atomic mass is 16.5. The number of benzene rings is 3. The molecule has 1 N–H and O–H groups in total. The monoisotopic (exact) mass is 376 g/mol. The highest BCUT2D eigenvalue weighted by molar-refractivity contribution is 5.87. The fraction of sp³-hybridized carbons (Fsp3) is 0.208. The largest absolute Gasteiger partial charge is 0.497 e. The minimum absolute atomic E-state index is 0.307. The van der Waals surface area contributed by atoms with Crippen molar-refractivity contribution in [1.29, 1.82) is 0 Å². The molecule has 3 aromatic carbocycles. The van der Waals surface area contributed by atoms with Gasteiger partial charge in [0, 0.05) is 0 Å². The summed E-state index contributed by atoms with van der Waals surface area (Å²) in [5.74, 6) is 0.821. The Bertz CT molecular complexity index is 945. The van der Waals surface area contributed by atoms with Crippen LogP contribution >= 0.6 is 0 Å². The highest BCUT2D eigenvalue weighted by Gasteiger charge is 2.09. The third kappa shape index (κ3) is 4.92. The number of aryl methyl sites for hydroxylation is 3. The average molecular weight is 376 g/mol. The van der Waals surface area contributed by atoms with E-state index in [0.29, 0.717) is 12.2 Å². The molecule has 3 aromatic rings. The standard InChI is InChI=1S/C24H24O4/c1-17-5-3-7-20(12-9-18-10-13-21(14-11-18)24(25)26)23(17)28-16-19-6-4-8-22(15-19)27-2/h3-8,10-11,13-15H,9,12,16H2,1-2H3,(H,25,26). The summed E-state index contributed by atoms with van der Waals surface area (Å²) < 4.78 is 11.4. The molecular weight excluding hydrogens is 352 g/mol. The van der Waals surface area contributed by atoms with Crippen LogP contribution in [-0.4, -0.2) is 18.2 Å². The molecule has 0 saturated carbocycles. The van der Waals surface area contributed by atoms with E-state index in [2.05, 4.69) is 6.07 Å². The summed E-state index contributed by atoms with van der Waals surface area (Å²) in [7, 11) is 1.66. The summed E-state index contributed by atoms with van der Waals surface area (Å²) in [6.07, 6.45) is 1.64. The van der Waals surface area contributed by atoms with Crippen LogP contribution in [0, 0.1) is 6.92 Å². The molecule has 0 aliphatic rings. The van der Waals surface area contributed by atoms with Crippen LogP contribution in [0.25, 0.3) is 0 Å². The van der Waals surface area contributed by atoms with E-state index >= 15 is 0 Å². The quantitative estimate of drug-likeness (QED) is 0.597. The highest BCUT2D eigenvalue weighted by Crippen LogP contribution is 2.26. The number of hydrogen-bond donors (Lipinski definition) is 1. The van der Waals surface area contributed by atoms with Crippen LogP contribution in [0.1, 0.15) is 32.6 Å². The van der Waals surface area contributed by atoms with Gasteiger partial charge in [-0.25, -0.2) is 4.79 Å². The normalized spacial score (nSPS) is 10.5. The number of aromatic carboxylic acids is 1. The Labute approximate surface area is 165 Å². The molecule has 4 nitrogen and oxygen atoms in total. The molecule has 0 unspecified atom stereocenters. The SMILES string of the molecule is COc1cccc(COc2c(C)cccc2CCc2ccc(C(=O)O)cc2)c1. The van der Waals surface area contributed by atoms with Crippen molar-refractivity contribution in [3.8, 4) is 11.5 Å². The van der Waals surface area contributed by atoms with Crippen molar-refractivity contribution in [2.75, 3.05) is 7.11 Å². The summed E-state index contributed by atoms with van der Waals surface area (Å²) in [6, 6.07) is 21.1. The zero-order chi connectivity index (χ0) is 19.9. The molecule has 0 bridgehead atoms. The Morgan fingerprint density at radius 1 is 0.929 bits per heavy atom. The molecule has 28 heavy (non-hydrogen) atoms. The Morgan fingerprint density at radius 2 is 1.68 bits per heavy atom. The maximum atomic E-state index is 11.0. The van der Waals surface area contributed by atoms with Gasteiger partial charge in [0.05, 0.1) is 12.7 Å². The third-order valence-corrected chi connectivity index (χ3v) is 4.69. The van der Waals surface area contributed by atoms with E-state index in [1.165, 1.54) is 0 Å². The van der Waals surface area contributed by atoms with Gasteiger partial charge in [0.1, 0.15) is 18.1 Å². The van der Waals surface area contributed by atoms with Crippen LogP contribution in [0.2, 0.25) is 0 Å². The number of ether oxygens (including phenoxy) is 2. The predicted octanol–water partition coefficient (Wildman–Crippen LogP) is 5.07. The molecule has 0 amide bonds. The summed E-state index contributed by atoms with van der Waals surface area (Å²) in [4.78, 5) is 11.0. The van der Waals surface area contributed by atoms with Crippen molar-refractivity contribution in [3.63, 3.8) is 0 Å². The van der Waals surface area contributed by atoms with Crippen molar-refractivity contribution in [3.05, 3.63) is 94.5 Å². The molecule has 0 aliphatic carbocycles. The van der Waals surface area contributed by atoms with Gasteiger partial charge >= 0.3 is 5.97 Å². The van der Waals surface area contributed by atoms with E-state index in [4.69, 9.17) is 14.6 Å². The van der Waals surface area contributed by atoms with Crippen molar-refractivity contribution >= 4 is 5.97 Å². The van der Waals surface area contributed by atoms with Crippen LogP contribution in [0.5, 0.6) is 11.5 Å². The maximum Gasteiger partial charge on any atom is 0.335 e.